The standard InChI is InChI=1S/C18H15N/c19-18-12-5-4-11-17(18)16-10-6-9-15(13-16)14-7-2-1-3-8-14/h1-13H,19H2. The summed E-state index contributed by atoms with van der Waals surface area (Å²) < 4.78 is 0. The van der Waals surface area contributed by atoms with Crippen LogP contribution < -0.4 is 5.73 Å². The van der Waals surface area contributed by atoms with E-state index >= 15 is 0 Å². The second kappa shape index (κ2) is 4.99. The summed E-state index contributed by atoms with van der Waals surface area (Å²) in [6, 6.07) is 26.8. The molecule has 3 rings (SSSR count). The van der Waals surface area contributed by atoms with Crippen LogP contribution in [0, 0.1) is 0 Å². The van der Waals surface area contributed by atoms with Crippen LogP contribution in [0.1, 0.15) is 0 Å². The molecule has 19 heavy (non-hydrogen) atoms. The van der Waals surface area contributed by atoms with Crippen molar-refractivity contribution in [1.29, 1.82) is 0 Å². The van der Waals surface area contributed by atoms with Gasteiger partial charge in [0.25, 0.3) is 0 Å². The number of benzene rings is 3. The first kappa shape index (κ1) is 11.5. The summed E-state index contributed by atoms with van der Waals surface area (Å²) in [7, 11) is 0. The average Bonchev–Trinajstić information content (AvgIpc) is 2.49. The number of nitrogens with two attached hydrogens (primary N) is 1. The zero-order valence-corrected chi connectivity index (χ0v) is 10.6. The average molecular weight is 245 g/mol. The Bertz CT molecular complexity index is 687. The molecule has 0 spiro atoms. The summed E-state index contributed by atoms with van der Waals surface area (Å²) in [5.74, 6) is 0. The third-order valence-electron chi connectivity index (χ3n) is 3.24. The molecule has 92 valence electrons. The molecule has 0 unspecified atom stereocenters. The molecule has 3 aromatic carbocycles. The lowest BCUT2D eigenvalue weighted by Gasteiger charge is -2.08. The highest BCUT2D eigenvalue weighted by molar-refractivity contribution is 5.79. The van der Waals surface area contributed by atoms with Crippen molar-refractivity contribution in [2.24, 2.45) is 0 Å². The van der Waals surface area contributed by atoms with E-state index < -0.39 is 0 Å². The lowest BCUT2D eigenvalue weighted by Crippen LogP contribution is -1.89. The fourth-order valence-electron chi connectivity index (χ4n) is 2.26. The molecule has 0 atom stereocenters. The van der Waals surface area contributed by atoms with Gasteiger partial charge in [-0.2, -0.15) is 0 Å². The first-order valence-electron chi connectivity index (χ1n) is 6.35. The smallest absolute Gasteiger partial charge is 0.0393 e. The lowest BCUT2D eigenvalue weighted by molar-refractivity contribution is 1.58. The summed E-state index contributed by atoms with van der Waals surface area (Å²) in [4.78, 5) is 0. The van der Waals surface area contributed by atoms with Gasteiger partial charge in [0.2, 0.25) is 0 Å². The van der Waals surface area contributed by atoms with E-state index in [1.54, 1.807) is 0 Å². The van der Waals surface area contributed by atoms with Crippen molar-refractivity contribution in [3.63, 3.8) is 0 Å². The Kier molecular flexibility index (Phi) is 3.03. The van der Waals surface area contributed by atoms with E-state index in [4.69, 9.17) is 5.73 Å². The van der Waals surface area contributed by atoms with Gasteiger partial charge in [-0.05, 0) is 28.8 Å². The van der Waals surface area contributed by atoms with Gasteiger partial charge in [-0.1, -0.05) is 66.7 Å². The van der Waals surface area contributed by atoms with Crippen LogP contribution in [0.25, 0.3) is 22.3 Å². The van der Waals surface area contributed by atoms with Crippen LogP contribution in [-0.4, -0.2) is 0 Å². The molecular formula is C18H15N. The second-order valence-corrected chi connectivity index (χ2v) is 4.53. The molecule has 0 aromatic heterocycles. The summed E-state index contributed by atoms with van der Waals surface area (Å²) in [6.45, 7) is 0. The van der Waals surface area contributed by atoms with Crippen LogP contribution in [-0.2, 0) is 0 Å². The molecule has 0 heterocycles. The maximum absolute atomic E-state index is 6.04. The van der Waals surface area contributed by atoms with Crippen LogP contribution >= 0.6 is 0 Å². The molecular weight excluding hydrogens is 230 g/mol. The number of hydrogen-bond acceptors (Lipinski definition) is 1. The minimum Gasteiger partial charge on any atom is -0.398 e. The van der Waals surface area contributed by atoms with E-state index in [1.165, 1.54) is 11.1 Å². The lowest BCUT2D eigenvalue weighted by atomic mass is 9.98. The topological polar surface area (TPSA) is 26.0 Å². The van der Waals surface area contributed by atoms with Crippen LogP contribution in [0.2, 0.25) is 0 Å². The maximum Gasteiger partial charge on any atom is 0.0393 e. The van der Waals surface area contributed by atoms with Crippen molar-refractivity contribution in [2.45, 2.75) is 0 Å². The minimum atomic E-state index is 0.813. The zero-order valence-electron chi connectivity index (χ0n) is 10.6. The van der Waals surface area contributed by atoms with Gasteiger partial charge in [-0.3, -0.25) is 0 Å². The van der Waals surface area contributed by atoms with Gasteiger partial charge < -0.3 is 5.73 Å². The van der Waals surface area contributed by atoms with Gasteiger partial charge in [0.15, 0.2) is 0 Å². The first-order valence-corrected chi connectivity index (χ1v) is 6.35. The van der Waals surface area contributed by atoms with Gasteiger partial charge in [-0.25, -0.2) is 0 Å². The summed E-state index contributed by atoms with van der Waals surface area (Å²) in [5, 5.41) is 0. The molecule has 0 aliphatic carbocycles. The number of nitrogen functional groups attached to an aromatic ring is 1. The fourth-order valence-corrected chi connectivity index (χ4v) is 2.26. The largest absolute Gasteiger partial charge is 0.398 e. The van der Waals surface area contributed by atoms with Crippen LogP contribution in [0.4, 0.5) is 5.69 Å². The number of rotatable bonds is 2. The van der Waals surface area contributed by atoms with Crippen LogP contribution in [0.3, 0.4) is 0 Å². The SMILES string of the molecule is Nc1ccccc1-c1cccc(-c2ccccc2)c1. The molecule has 0 aliphatic heterocycles. The third-order valence-corrected chi connectivity index (χ3v) is 3.24. The Morgan fingerprint density at radius 3 is 1.95 bits per heavy atom. The summed E-state index contributed by atoms with van der Waals surface area (Å²) in [6.07, 6.45) is 0. The van der Waals surface area contributed by atoms with E-state index in [2.05, 4.69) is 54.6 Å². The van der Waals surface area contributed by atoms with Gasteiger partial charge in [-0.15, -0.1) is 0 Å². The highest BCUT2D eigenvalue weighted by Crippen LogP contribution is 2.29. The van der Waals surface area contributed by atoms with Gasteiger partial charge in [0.05, 0.1) is 0 Å². The predicted octanol–water partition coefficient (Wildman–Crippen LogP) is 4.60. The van der Waals surface area contributed by atoms with E-state index in [0.717, 1.165) is 16.8 Å². The first-order chi connectivity index (χ1) is 9.34. The highest BCUT2D eigenvalue weighted by Gasteiger charge is 2.03. The van der Waals surface area contributed by atoms with E-state index in [1.807, 2.05) is 24.3 Å². The van der Waals surface area contributed by atoms with Crippen molar-refractivity contribution >= 4 is 5.69 Å². The van der Waals surface area contributed by atoms with Crippen molar-refractivity contribution < 1.29 is 0 Å². The molecule has 0 amide bonds. The van der Waals surface area contributed by atoms with Gasteiger partial charge in [0, 0.05) is 11.3 Å². The van der Waals surface area contributed by atoms with Crippen molar-refractivity contribution in [1.82, 2.24) is 0 Å². The molecule has 0 aliphatic rings. The number of anilines is 1. The second-order valence-electron chi connectivity index (χ2n) is 4.53. The number of para-hydroxylation sites is 1. The Morgan fingerprint density at radius 2 is 1.16 bits per heavy atom. The summed E-state index contributed by atoms with van der Waals surface area (Å²) in [5.41, 5.74) is 11.5. The van der Waals surface area contributed by atoms with Crippen LogP contribution in [0.5, 0.6) is 0 Å². The Hall–Kier alpha value is -2.54. The van der Waals surface area contributed by atoms with Crippen molar-refractivity contribution in [2.75, 3.05) is 5.73 Å². The maximum atomic E-state index is 6.04. The van der Waals surface area contributed by atoms with Crippen LogP contribution in [0.15, 0.2) is 78.9 Å². The highest BCUT2D eigenvalue weighted by atomic mass is 14.6. The monoisotopic (exact) mass is 245 g/mol. The number of hydrogen-bond donors (Lipinski definition) is 1. The van der Waals surface area contributed by atoms with E-state index in [-0.39, 0.29) is 0 Å². The predicted molar refractivity (Wildman–Crippen MR) is 81.7 cm³/mol. The minimum absolute atomic E-state index is 0.813. The van der Waals surface area contributed by atoms with Crippen molar-refractivity contribution in [3.05, 3.63) is 78.9 Å². The molecule has 0 saturated heterocycles. The molecule has 0 bridgehead atoms. The summed E-state index contributed by atoms with van der Waals surface area (Å²) >= 11 is 0. The van der Waals surface area contributed by atoms with E-state index in [0.29, 0.717) is 0 Å². The van der Waals surface area contributed by atoms with E-state index in [9.17, 15) is 0 Å². The van der Waals surface area contributed by atoms with Crippen molar-refractivity contribution in [3.8, 4) is 22.3 Å². The van der Waals surface area contributed by atoms with Gasteiger partial charge in [0.1, 0.15) is 0 Å². The fraction of sp³-hybridized carbons (Fsp3) is 0. The van der Waals surface area contributed by atoms with Gasteiger partial charge >= 0.3 is 0 Å². The molecule has 1 nitrogen and oxygen atoms in total. The molecule has 0 radical (unpaired) electrons. The Morgan fingerprint density at radius 1 is 0.526 bits per heavy atom. The molecule has 0 saturated carbocycles. The zero-order chi connectivity index (χ0) is 13.1. The Labute approximate surface area is 113 Å². The molecule has 0 fully saturated rings. The third kappa shape index (κ3) is 2.36. The normalized spacial score (nSPS) is 10.3. The molecule has 1 heteroatoms. The molecule has 3 aromatic rings. The Balaban J connectivity index is 2.09. The molecule has 2 N–H and O–H groups in total. The quantitative estimate of drug-likeness (QED) is 0.656.